The molecule has 8 heteroatoms. The summed E-state index contributed by atoms with van der Waals surface area (Å²) in [5.41, 5.74) is 1.46. The van der Waals surface area contributed by atoms with Crippen LogP contribution in [-0.4, -0.2) is 17.7 Å². The third-order valence-electron chi connectivity index (χ3n) is 5.62. The van der Waals surface area contributed by atoms with E-state index in [-0.39, 0.29) is 5.56 Å². The molecule has 1 unspecified atom stereocenters. The fourth-order valence-corrected chi connectivity index (χ4v) is 4.78. The monoisotopic (exact) mass is 480 g/mol. The molecule has 0 amide bonds. The first-order valence-electron chi connectivity index (χ1n) is 10.9. The first-order chi connectivity index (χ1) is 15.1. The summed E-state index contributed by atoms with van der Waals surface area (Å²) in [5, 5.41) is 0.813. The van der Waals surface area contributed by atoms with Crippen LogP contribution in [0.5, 0.6) is 0 Å². The minimum Gasteiger partial charge on any atom is -0.347 e. The molecule has 4 nitrogen and oxygen atoms in total. The van der Waals surface area contributed by atoms with E-state index >= 15 is 0 Å². The van der Waals surface area contributed by atoms with Crippen LogP contribution < -0.4 is 4.72 Å². The molecule has 3 aromatic rings. The summed E-state index contributed by atoms with van der Waals surface area (Å²) in [7, 11) is -3.58. The van der Waals surface area contributed by atoms with Crippen LogP contribution in [0, 0.1) is 5.92 Å². The molecule has 1 heterocycles. The summed E-state index contributed by atoms with van der Waals surface area (Å²) < 4.78 is 70.0. The van der Waals surface area contributed by atoms with Gasteiger partial charge in [-0.15, -0.1) is 0 Å². The average Bonchev–Trinajstić information content (AvgIpc) is 3.03. The number of benzene rings is 2. The largest absolute Gasteiger partial charge is 0.417 e. The molecule has 0 radical (unpaired) electrons. The predicted molar refractivity (Wildman–Crippen MR) is 127 cm³/mol. The second-order valence-corrected chi connectivity index (χ2v) is 12.3. The highest BCUT2D eigenvalue weighted by Crippen LogP contribution is 2.39. The standard InChI is InChI=1S/C25H31F3N2O2S/c1-16(2)14-30-15-21(17(3)29-33(31,32)24(4,5)6)20-12-11-18(13-23(20)30)19-9-7-8-10-22(19)25(26,27)28/h7-13,15-17,29H,14H2,1-6H3. The first-order valence-corrected chi connectivity index (χ1v) is 12.4. The second-order valence-electron chi connectivity index (χ2n) is 9.86. The van der Waals surface area contributed by atoms with Crippen molar-refractivity contribution in [2.75, 3.05) is 0 Å². The zero-order valence-electron chi connectivity index (χ0n) is 19.8. The molecular weight excluding hydrogens is 449 g/mol. The molecule has 0 aliphatic rings. The molecule has 0 aliphatic carbocycles. The van der Waals surface area contributed by atoms with Crippen LogP contribution in [0.25, 0.3) is 22.0 Å². The Morgan fingerprint density at radius 2 is 1.64 bits per heavy atom. The van der Waals surface area contributed by atoms with Crippen LogP contribution in [0.1, 0.15) is 58.7 Å². The van der Waals surface area contributed by atoms with Crippen molar-refractivity contribution in [3.63, 3.8) is 0 Å². The number of fused-ring (bicyclic) bond motifs is 1. The number of hydrogen-bond donors (Lipinski definition) is 1. The van der Waals surface area contributed by atoms with Gasteiger partial charge in [0.15, 0.2) is 0 Å². The Balaban J connectivity index is 2.16. The smallest absolute Gasteiger partial charge is 0.347 e. The summed E-state index contributed by atoms with van der Waals surface area (Å²) in [6.07, 6.45) is -2.56. The van der Waals surface area contributed by atoms with Crippen LogP contribution in [0.3, 0.4) is 0 Å². The SMILES string of the molecule is CC(C)Cn1cc(C(C)NS(=O)(=O)C(C)(C)C)c2ccc(-c3ccccc3C(F)(F)F)cc21. The van der Waals surface area contributed by atoms with Gasteiger partial charge in [0.1, 0.15) is 0 Å². The van der Waals surface area contributed by atoms with Crippen LogP contribution in [0.15, 0.2) is 48.7 Å². The van der Waals surface area contributed by atoms with E-state index in [1.807, 2.05) is 10.8 Å². The number of nitrogens with zero attached hydrogens (tertiary/aromatic N) is 1. The number of halogens is 3. The number of hydrogen-bond acceptors (Lipinski definition) is 2. The number of rotatable bonds is 6. The number of sulfonamides is 1. The summed E-state index contributed by atoms with van der Waals surface area (Å²) in [6, 6.07) is 10.2. The number of aromatic nitrogens is 1. The normalized spacial score (nSPS) is 14.2. The quantitative estimate of drug-likeness (QED) is 0.424. The molecule has 0 bridgehead atoms. The lowest BCUT2D eigenvalue weighted by atomic mass is 9.97. The van der Waals surface area contributed by atoms with Gasteiger partial charge in [0.2, 0.25) is 10.0 Å². The first kappa shape index (κ1) is 25.3. The van der Waals surface area contributed by atoms with Crippen molar-refractivity contribution in [1.82, 2.24) is 9.29 Å². The maximum Gasteiger partial charge on any atom is 0.417 e. The van der Waals surface area contributed by atoms with Crippen LogP contribution >= 0.6 is 0 Å². The van der Waals surface area contributed by atoms with Gasteiger partial charge in [0.25, 0.3) is 0 Å². The molecule has 2 aromatic carbocycles. The molecule has 0 saturated heterocycles. The van der Waals surface area contributed by atoms with Gasteiger partial charge in [-0.05, 0) is 62.4 Å². The van der Waals surface area contributed by atoms with E-state index in [1.165, 1.54) is 12.1 Å². The molecule has 33 heavy (non-hydrogen) atoms. The van der Waals surface area contributed by atoms with E-state index in [0.717, 1.165) is 22.5 Å². The molecule has 0 spiro atoms. The minimum absolute atomic E-state index is 0.118. The van der Waals surface area contributed by atoms with Crippen molar-refractivity contribution in [2.24, 2.45) is 5.92 Å². The molecular formula is C25H31F3N2O2S. The van der Waals surface area contributed by atoms with Gasteiger partial charge in [-0.25, -0.2) is 13.1 Å². The molecule has 1 N–H and O–H groups in total. The van der Waals surface area contributed by atoms with Crippen molar-refractivity contribution in [2.45, 2.75) is 65.1 Å². The maximum atomic E-state index is 13.6. The Morgan fingerprint density at radius 3 is 2.21 bits per heavy atom. The molecule has 3 rings (SSSR count). The van der Waals surface area contributed by atoms with Crippen LogP contribution in [0.4, 0.5) is 13.2 Å². The van der Waals surface area contributed by atoms with Gasteiger partial charge >= 0.3 is 6.18 Å². The minimum atomic E-state index is -4.46. The van der Waals surface area contributed by atoms with Gasteiger partial charge in [0, 0.05) is 29.7 Å². The lowest BCUT2D eigenvalue weighted by Crippen LogP contribution is -2.40. The number of alkyl halides is 3. The Labute approximate surface area is 193 Å². The summed E-state index contributed by atoms with van der Waals surface area (Å²) in [5.74, 6) is 0.293. The highest BCUT2D eigenvalue weighted by Gasteiger charge is 2.34. The van der Waals surface area contributed by atoms with E-state index in [4.69, 9.17) is 0 Å². The summed E-state index contributed by atoms with van der Waals surface area (Å²) >= 11 is 0. The van der Waals surface area contributed by atoms with E-state index < -0.39 is 32.6 Å². The van der Waals surface area contributed by atoms with E-state index in [2.05, 4.69) is 18.6 Å². The molecule has 0 saturated carbocycles. The van der Waals surface area contributed by atoms with Gasteiger partial charge < -0.3 is 4.57 Å². The third-order valence-corrected chi connectivity index (χ3v) is 7.90. The Morgan fingerprint density at radius 1 is 1.00 bits per heavy atom. The zero-order valence-corrected chi connectivity index (χ0v) is 20.6. The Kier molecular flexibility index (Phi) is 6.75. The van der Waals surface area contributed by atoms with Gasteiger partial charge in [0.05, 0.1) is 10.3 Å². The van der Waals surface area contributed by atoms with Crippen molar-refractivity contribution >= 4 is 20.9 Å². The third kappa shape index (κ3) is 5.27. The van der Waals surface area contributed by atoms with Crippen LogP contribution in [-0.2, 0) is 22.7 Å². The summed E-state index contributed by atoms with van der Waals surface area (Å²) in [6.45, 7) is 11.4. The molecule has 180 valence electrons. The number of nitrogens with one attached hydrogen (secondary N) is 1. The summed E-state index contributed by atoms with van der Waals surface area (Å²) in [4.78, 5) is 0. The average molecular weight is 481 g/mol. The van der Waals surface area contributed by atoms with Crippen molar-refractivity contribution in [1.29, 1.82) is 0 Å². The highest BCUT2D eigenvalue weighted by molar-refractivity contribution is 7.90. The Hall–Kier alpha value is -2.32. The van der Waals surface area contributed by atoms with Crippen molar-refractivity contribution in [3.8, 4) is 11.1 Å². The topological polar surface area (TPSA) is 51.1 Å². The molecule has 0 aliphatic heterocycles. The zero-order chi connectivity index (χ0) is 24.8. The second kappa shape index (κ2) is 8.80. The van der Waals surface area contributed by atoms with Gasteiger partial charge in [-0.1, -0.05) is 44.2 Å². The van der Waals surface area contributed by atoms with E-state index in [1.54, 1.807) is 52.0 Å². The molecule has 0 fully saturated rings. The predicted octanol–water partition coefficient (Wildman–Crippen LogP) is 6.76. The van der Waals surface area contributed by atoms with Crippen molar-refractivity contribution < 1.29 is 21.6 Å². The lowest BCUT2D eigenvalue weighted by molar-refractivity contribution is -0.137. The van der Waals surface area contributed by atoms with Crippen LogP contribution in [0.2, 0.25) is 0 Å². The lowest BCUT2D eigenvalue weighted by Gasteiger charge is -2.23. The molecule has 1 atom stereocenters. The highest BCUT2D eigenvalue weighted by atomic mass is 32.2. The molecule has 1 aromatic heterocycles. The van der Waals surface area contributed by atoms with E-state index in [9.17, 15) is 21.6 Å². The van der Waals surface area contributed by atoms with Gasteiger partial charge in [-0.3, -0.25) is 0 Å². The fraction of sp³-hybridized carbons (Fsp3) is 0.440. The maximum absolute atomic E-state index is 13.6. The Bertz CT molecular complexity index is 1250. The van der Waals surface area contributed by atoms with Gasteiger partial charge in [-0.2, -0.15) is 13.2 Å². The fourth-order valence-electron chi connectivity index (χ4n) is 3.83. The van der Waals surface area contributed by atoms with E-state index in [0.29, 0.717) is 18.0 Å². The van der Waals surface area contributed by atoms with Crippen molar-refractivity contribution in [3.05, 3.63) is 59.8 Å².